The molecule has 0 radical (unpaired) electrons. The number of aromatic carboxylic acids is 1. The Balaban J connectivity index is 1.90. The van der Waals surface area contributed by atoms with Crippen molar-refractivity contribution in [1.29, 1.82) is 0 Å². The van der Waals surface area contributed by atoms with Gasteiger partial charge in [0.15, 0.2) is 0 Å². The fourth-order valence-electron chi connectivity index (χ4n) is 2.57. The molecule has 0 heterocycles. The Morgan fingerprint density at radius 3 is 2.21 bits per heavy atom. The van der Waals surface area contributed by atoms with Crippen molar-refractivity contribution in [2.45, 2.75) is 6.10 Å². The van der Waals surface area contributed by atoms with Crippen molar-refractivity contribution in [2.24, 2.45) is 0 Å². The average molecular weight is 416 g/mol. The highest BCUT2D eigenvalue weighted by Gasteiger charge is 2.23. The highest BCUT2D eigenvalue weighted by molar-refractivity contribution is 6.35. The van der Waals surface area contributed by atoms with Gasteiger partial charge in [-0.1, -0.05) is 59.6 Å². The number of nitrogens with one attached hydrogen (secondary N) is 1. The lowest BCUT2D eigenvalue weighted by atomic mass is 10.1. The van der Waals surface area contributed by atoms with Crippen LogP contribution in [0.3, 0.4) is 0 Å². The molecule has 5 nitrogen and oxygen atoms in total. The molecule has 0 fully saturated rings. The van der Waals surface area contributed by atoms with Crippen molar-refractivity contribution in [3.63, 3.8) is 0 Å². The van der Waals surface area contributed by atoms with E-state index in [4.69, 9.17) is 33.0 Å². The SMILES string of the molecule is O=C(O)c1cccc(OC(C(=O)Nc2cc(Cl)cc(Cl)c2)c2ccccc2)c1. The van der Waals surface area contributed by atoms with E-state index in [2.05, 4.69) is 5.32 Å². The van der Waals surface area contributed by atoms with Crippen LogP contribution in [0.4, 0.5) is 5.69 Å². The van der Waals surface area contributed by atoms with E-state index >= 15 is 0 Å². The van der Waals surface area contributed by atoms with Crippen molar-refractivity contribution < 1.29 is 19.4 Å². The normalized spacial score (nSPS) is 11.5. The third kappa shape index (κ3) is 5.03. The number of hydrogen-bond acceptors (Lipinski definition) is 3. The number of amides is 1. The summed E-state index contributed by atoms with van der Waals surface area (Å²) in [6, 6.07) is 19.5. The highest BCUT2D eigenvalue weighted by atomic mass is 35.5. The molecular weight excluding hydrogens is 401 g/mol. The van der Waals surface area contributed by atoms with Gasteiger partial charge in [0.05, 0.1) is 5.56 Å². The van der Waals surface area contributed by atoms with E-state index in [1.54, 1.807) is 54.6 Å². The molecule has 0 saturated heterocycles. The minimum absolute atomic E-state index is 0.0614. The number of hydrogen-bond donors (Lipinski definition) is 2. The van der Waals surface area contributed by atoms with Crippen LogP contribution >= 0.6 is 23.2 Å². The molecule has 0 aliphatic rings. The van der Waals surface area contributed by atoms with Crippen LogP contribution in [0.1, 0.15) is 22.0 Å². The van der Waals surface area contributed by atoms with Gasteiger partial charge in [-0.15, -0.1) is 0 Å². The molecule has 142 valence electrons. The van der Waals surface area contributed by atoms with Gasteiger partial charge in [-0.3, -0.25) is 4.79 Å². The second-order valence-electron chi connectivity index (χ2n) is 5.89. The molecule has 0 bridgehead atoms. The maximum atomic E-state index is 12.9. The van der Waals surface area contributed by atoms with Gasteiger partial charge in [-0.25, -0.2) is 4.79 Å². The van der Waals surface area contributed by atoms with E-state index < -0.39 is 18.0 Å². The van der Waals surface area contributed by atoms with Gasteiger partial charge in [0.25, 0.3) is 5.91 Å². The molecule has 1 unspecified atom stereocenters. The average Bonchev–Trinajstić information content (AvgIpc) is 2.66. The maximum Gasteiger partial charge on any atom is 0.335 e. The van der Waals surface area contributed by atoms with E-state index in [1.165, 1.54) is 12.1 Å². The van der Waals surface area contributed by atoms with Gasteiger partial charge in [0, 0.05) is 21.3 Å². The Bertz CT molecular complexity index is 988. The second-order valence-corrected chi connectivity index (χ2v) is 6.76. The quantitative estimate of drug-likeness (QED) is 0.560. The molecule has 28 heavy (non-hydrogen) atoms. The zero-order valence-electron chi connectivity index (χ0n) is 14.4. The van der Waals surface area contributed by atoms with E-state index in [9.17, 15) is 9.59 Å². The smallest absolute Gasteiger partial charge is 0.335 e. The summed E-state index contributed by atoms with van der Waals surface area (Å²) in [4.78, 5) is 24.1. The number of benzene rings is 3. The van der Waals surface area contributed by atoms with Crippen LogP contribution < -0.4 is 10.1 Å². The number of halogens is 2. The van der Waals surface area contributed by atoms with Crippen molar-refractivity contribution in [1.82, 2.24) is 0 Å². The Kier molecular flexibility index (Phi) is 6.19. The summed E-state index contributed by atoms with van der Waals surface area (Å²) >= 11 is 12.0. The zero-order chi connectivity index (χ0) is 20.1. The zero-order valence-corrected chi connectivity index (χ0v) is 15.9. The summed E-state index contributed by atoms with van der Waals surface area (Å²) in [5.74, 6) is -1.28. The van der Waals surface area contributed by atoms with Crippen LogP contribution in [0.25, 0.3) is 0 Å². The molecule has 7 heteroatoms. The predicted octanol–water partition coefficient (Wildman–Crippen LogP) is 5.45. The Morgan fingerprint density at radius 1 is 0.893 bits per heavy atom. The number of carboxylic acids is 1. The summed E-state index contributed by atoms with van der Waals surface area (Å²) in [5.41, 5.74) is 1.09. The number of anilines is 1. The third-order valence-electron chi connectivity index (χ3n) is 3.81. The van der Waals surface area contributed by atoms with E-state index in [-0.39, 0.29) is 11.3 Å². The second kappa shape index (κ2) is 8.78. The lowest BCUT2D eigenvalue weighted by Crippen LogP contribution is -2.25. The summed E-state index contributed by atoms with van der Waals surface area (Å²) in [6.45, 7) is 0. The molecular formula is C21H15Cl2NO4. The first-order valence-corrected chi connectivity index (χ1v) is 9.00. The molecule has 2 N–H and O–H groups in total. The van der Waals surface area contributed by atoms with Crippen molar-refractivity contribution in [3.8, 4) is 5.75 Å². The monoisotopic (exact) mass is 415 g/mol. The van der Waals surface area contributed by atoms with Crippen molar-refractivity contribution in [3.05, 3.63) is 94.0 Å². The van der Waals surface area contributed by atoms with E-state index in [0.717, 1.165) is 0 Å². The summed E-state index contributed by atoms with van der Waals surface area (Å²) < 4.78 is 5.84. The molecule has 3 aromatic rings. The lowest BCUT2D eigenvalue weighted by Gasteiger charge is -2.19. The first-order valence-electron chi connectivity index (χ1n) is 8.24. The molecule has 0 saturated carbocycles. The van der Waals surface area contributed by atoms with Gasteiger partial charge in [0.1, 0.15) is 5.75 Å². The van der Waals surface area contributed by atoms with Crippen LogP contribution in [0.15, 0.2) is 72.8 Å². The predicted molar refractivity (Wildman–Crippen MR) is 108 cm³/mol. The molecule has 0 aromatic heterocycles. The Labute approximate surface area is 171 Å². The van der Waals surface area contributed by atoms with Crippen LogP contribution in [0.5, 0.6) is 5.75 Å². The number of carboxylic acid groups (broad SMARTS) is 1. The number of carbonyl (C=O) groups excluding carboxylic acids is 1. The molecule has 3 rings (SSSR count). The first-order chi connectivity index (χ1) is 13.4. The van der Waals surface area contributed by atoms with Crippen LogP contribution in [0, 0.1) is 0 Å². The molecule has 1 amide bonds. The van der Waals surface area contributed by atoms with Gasteiger partial charge < -0.3 is 15.2 Å². The standard InChI is InChI=1S/C21H15Cl2NO4/c22-15-10-16(23)12-17(11-15)24-20(25)19(13-5-2-1-3-6-13)28-18-8-4-7-14(9-18)21(26)27/h1-12,19H,(H,24,25)(H,26,27). The molecule has 0 aliphatic carbocycles. The maximum absolute atomic E-state index is 12.9. The van der Waals surface area contributed by atoms with Gasteiger partial charge >= 0.3 is 5.97 Å². The van der Waals surface area contributed by atoms with E-state index in [1.807, 2.05) is 6.07 Å². The minimum Gasteiger partial charge on any atom is -0.478 e. The van der Waals surface area contributed by atoms with Crippen molar-refractivity contribution in [2.75, 3.05) is 5.32 Å². The molecule has 0 spiro atoms. The van der Waals surface area contributed by atoms with Gasteiger partial charge in [0.2, 0.25) is 6.10 Å². The third-order valence-corrected chi connectivity index (χ3v) is 4.24. The largest absolute Gasteiger partial charge is 0.478 e. The number of rotatable bonds is 6. The lowest BCUT2D eigenvalue weighted by molar-refractivity contribution is -0.123. The Morgan fingerprint density at radius 2 is 1.57 bits per heavy atom. The molecule has 0 aliphatic heterocycles. The van der Waals surface area contributed by atoms with Crippen LogP contribution in [-0.2, 0) is 4.79 Å². The Hall–Kier alpha value is -3.02. The summed E-state index contributed by atoms with van der Waals surface area (Å²) in [6.07, 6.45) is -1.01. The van der Waals surface area contributed by atoms with Crippen LogP contribution in [0.2, 0.25) is 10.0 Å². The summed E-state index contributed by atoms with van der Waals surface area (Å²) in [7, 11) is 0. The highest BCUT2D eigenvalue weighted by Crippen LogP contribution is 2.27. The molecule has 3 aromatic carbocycles. The van der Waals surface area contributed by atoms with Gasteiger partial charge in [-0.05, 0) is 36.4 Å². The van der Waals surface area contributed by atoms with Crippen LogP contribution in [-0.4, -0.2) is 17.0 Å². The van der Waals surface area contributed by atoms with E-state index in [0.29, 0.717) is 21.3 Å². The fraction of sp³-hybridized carbons (Fsp3) is 0.0476. The van der Waals surface area contributed by atoms with Gasteiger partial charge in [-0.2, -0.15) is 0 Å². The fourth-order valence-corrected chi connectivity index (χ4v) is 3.10. The summed E-state index contributed by atoms with van der Waals surface area (Å²) in [5, 5.41) is 12.7. The first kappa shape index (κ1) is 19.7. The van der Waals surface area contributed by atoms with Crippen molar-refractivity contribution >= 4 is 40.8 Å². The topological polar surface area (TPSA) is 75.6 Å². The minimum atomic E-state index is -1.08. The molecule has 1 atom stereocenters. The number of ether oxygens (including phenoxy) is 1. The number of carbonyl (C=O) groups is 2.